The maximum Gasteiger partial charge on any atom is 0.293 e. The van der Waals surface area contributed by atoms with Crippen molar-refractivity contribution in [1.82, 2.24) is 0 Å². The Morgan fingerprint density at radius 2 is 1.89 bits per heavy atom. The summed E-state index contributed by atoms with van der Waals surface area (Å²) in [5, 5.41) is 28.7. The van der Waals surface area contributed by atoms with Crippen LogP contribution in [-0.4, -0.2) is 41.4 Å². The van der Waals surface area contributed by atoms with Crippen molar-refractivity contribution in [3.63, 3.8) is 0 Å². The van der Waals surface area contributed by atoms with Gasteiger partial charge in [-0.3, -0.25) is 10.1 Å². The van der Waals surface area contributed by atoms with E-state index in [2.05, 4.69) is 15.9 Å². The van der Waals surface area contributed by atoms with Crippen LogP contribution in [0.4, 0.5) is 15.8 Å². The highest BCUT2D eigenvalue weighted by molar-refractivity contribution is 9.10. The van der Waals surface area contributed by atoms with Crippen LogP contribution < -0.4 is 4.90 Å². The molecule has 0 bridgehead atoms. The number of nitrogens with zero attached hydrogens (tertiary/aromatic N) is 2. The molecule has 0 radical (unpaired) electrons. The fraction of sp³-hybridized carbons (Fsp3) is 0.400. The third kappa shape index (κ3) is 3.37. The highest BCUT2D eigenvalue weighted by Gasteiger charge is 2.21. The number of benzene rings is 1. The minimum Gasteiger partial charge on any atom is -0.395 e. The summed E-state index contributed by atoms with van der Waals surface area (Å²) in [6.45, 7) is -0.366. The molecule has 100 valence electrons. The Bertz CT molecular complexity index is 438. The zero-order chi connectivity index (χ0) is 13.7. The van der Waals surface area contributed by atoms with Gasteiger partial charge in [0, 0.05) is 25.2 Å². The molecule has 1 aromatic rings. The van der Waals surface area contributed by atoms with Crippen LogP contribution in [0.1, 0.15) is 0 Å². The maximum absolute atomic E-state index is 13.4. The van der Waals surface area contributed by atoms with E-state index in [1.165, 1.54) is 4.90 Å². The van der Waals surface area contributed by atoms with Crippen molar-refractivity contribution in [1.29, 1.82) is 0 Å². The largest absolute Gasteiger partial charge is 0.395 e. The van der Waals surface area contributed by atoms with Crippen LogP contribution in [0.2, 0.25) is 0 Å². The lowest BCUT2D eigenvalue weighted by atomic mass is 10.2. The first kappa shape index (κ1) is 14.8. The van der Waals surface area contributed by atoms with Crippen molar-refractivity contribution in [2.24, 2.45) is 0 Å². The standard InChI is InChI=1S/C10H12BrFN2O4/c11-7-5-10(14(17)18)9(6-8(7)12)13(1-3-15)2-4-16/h5-6,15-16H,1-4H2. The van der Waals surface area contributed by atoms with Crippen LogP contribution in [-0.2, 0) is 0 Å². The van der Waals surface area contributed by atoms with E-state index in [-0.39, 0.29) is 42.2 Å². The lowest BCUT2D eigenvalue weighted by Crippen LogP contribution is -2.30. The molecule has 8 heteroatoms. The summed E-state index contributed by atoms with van der Waals surface area (Å²) in [6.07, 6.45) is 0. The molecule has 0 atom stereocenters. The number of aliphatic hydroxyl groups is 2. The van der Waals surface area contributed by atoms with Crippen molar-refractivity contribution in [2.75, 3.05) is 31.2 Å². The number of rotatable bonds is 6. The summed E-state index contributed by atoms with van der Waals surface area (Å²) in [6, 6.07) is 2.07. The average molecular weight is 323 g/mol. The van der Waals surface area contributed by atoms with Gasteiger partial charge in [0.25, 0.3) is 5.69 Å². The zero-order valence-electron chi connectivity index (χ0n) is 9.34. The predicted octanol–water partition coefficient (Wildman–Crippen LogP) is 1.29. The molecule has 18 heavy (non-hydrogen) atoms. The van der Waals surface area contributed by atoms with Crippen LogP contribution in [0, 0.1) is 15.9 Å². The molecule has 0 aliphatic rings. The molecule has 0 amide bonds. The molecule has 0 unspecified atom stereocenters. The topological polar surface area (TPSA) is 86.8 Å². The van der Waals surface area contributed by atoms with Crippen LogP contribution in [0.5, 0.6) is 0 Å². The number of nitro groups is 1. The first-order chi connectivity index (χ1) is 8.51. The predicted molar refractivity (Wildman–Crippen MR) is 67.1 cm³/mol. The highest BCUT2D eigenvalue weighted by Crippen LogP contribution is 2.33. The summed E-state index contributed by atoms with van der Waals surface area (Å²) in [5.41, 5.74) is -0.256. The highest BCUT2D eigenvalue weighted by atomic mass is 79.9. The van der Waals surface area contributed by atoms with Gasteiger partial charge in [-0.05, 0) is 15.9 Å². The summed E-state index contributed by atoms with van der Waals surface area (Å²) < 4.78 is 13.4. The number of hydrogen-bond acceptors (Lipinski definition) is 5. The first-order valence-corrected chi connectivity index (χ1v) is 5.90. The Morgan fingerprint density at radius 1 is 1.33 bits per heavy atom. The minimum atomic E-state index is -0.642. The van der Waals surface area contributed by atoms with E-state index < -0.39 is 10.7 Å². The Balaban J connectivity index is 3.25. The molecule has 0 aromatic heterocycles. The number of nitro benzene ring substituents is 1. The third-order valence-corrected chi connectivity index (χ3v) is 2.90. The van der Waals surface area contributed by atoms with Crippen molar-refractivity contribution in [3.8, 4) is 0 Å². The number of hydrogen-bond donors (Lipinski definition) is 2. The molecule has 0 saturated carbocycles. The molecule has 1 aromatic carbocycles. The Labute approximate surface area is 111 Å². The average Bonchev–Trinajstić information content (AvgIpc) is 2.31. The van der Waals surface area contributed by atoms with Gasteiger partial charge in [-0.15, -0.1) is 0 Å². The van der Waals surface area contributed by atoms with E-state index >= 15 is 0 Å². The van der Waals surface area contributed by atoms with E-state index in [1.807, 2.05) is 0 Å². The number of aliphatic hydroxyl groups excluding tert-OH is 2. The molecule has 0 aliphatic carbocycles. The summed E-state index contributed by atoms with van der Waals surface area (Å²) in [7, 11) is 0. The van der Waals surface area contributed by atoms with Crippen molar-refractivity contribution < 1.29 is 19.5 Å². The van der Waals surface area contributed by atoms with Crippen LogP contribution in [0.3, 0.4) is 0 Å². The van der Waals surface area contributed by atoms with Crippen LogP contribution in [0.25, 0.3) is 0 Å². The lowest BCUT2D eigenvalue weighted by Gasteiger charge is -2.22. The van der Waals surface area contributed by atoms with Gasteiger partial charge >= 0.3 is 0 Å². The molecule has 6 nitrogen and oxygen atoms in total. The Hall–Kier alpha value is -1.25. The SMILES string of the molecule is O=[N+]([O-])c1cc(Br)c(F)cc1N(CCO)CCO. The second kappa shape index (κ2) is 6.62. The number of anilines is 1. The molecule has 0 heterocycles. The Kier molecular flexibility index (Phi) is 5.45. The van der Waals surface area contributed by atoms with E-state index in [9.17, 15) is 14.5 Å². The van der Waals surface area contributed by atoms with Crippen molar-refractivity contribution in [3.05, 3.63) is 32.5 Å². The molecule has 2 N–H and O–H groups in total. The smallest absolute Gasteiger partial charge is 0.293 e. The molecular weight excluding hydrogens is 311 g/mol. The van der Waals surface area contributed by atoms with Gasteiger partial charge in [-0.25, -0.2) is 4.39 Å². The van der Waals surface area contributed by atoms with Crippen molar-refractivity contribution >= 4 is 27.3 Å². The van der Waals surface area contributed by atoms with E-state index in [1.54, 1.807) is 0 Å². The van der Waals surface area contributed by atoms with E-state index in [4.69, 9.17) is 10.2 Å². The van der Waals surface area contributed by atoms with E-state index in [0.717, 1.165) is 12.1 Å². The summed E-state index contributed by atoms with van der Waals surface area (Å²) >= 11 is 2.88. The normalized spacial score (nSPS) is 10.4. The maximum atomic E-state index is 13.4. The quantitative estimate of drug-likeness (QED) is 0.608. The summed E-state index contributed by atoms with van der Waals surface area (Å²) in [4.78, 5) is 11.6. The van der Waals surface area contributed by atoms with Gasteiger partial charge in [0.05, 0.1) is 22.6 Å². The van der Waals surface area contributed by atoms with Crippen LogP contribution in [0.15, 0.2) is 16.6 Å². The second-order valence-corrected chi connectivity index (χ2v) is 4.30. The number of halogens is 2. The van der Waals surface area contributed by atoms with Gasteiger partial charge in [0.15, 0.2) is 0 Å². The van der Waals surface area contributed by atoms with Crippen LogP contribution >= 0.6 is 15.9 Å². The van der Waals surface area contributed by atoms with Gasteiger partial charge in [-0.2, -0.15) is 0 Å². The molecule has 0 saturated heterocycles. The lowest BCUT2D eigenvalue weighted by molar-refractivity contribution is -0.384. The monoisotopic (exact) mass is 322 g/mol. The van der Waals surface area contributed by atoms with Gasteiger partial charge in [-0.1, -0.05) is 0 Å². The van der Waals surface area contributed by atoms with Gasteiger partial charge in [0.2, 0.25) is 0 Å². The fourth-order valence-electron chi connectivity index (χ4n) is 1.52. The zero-order valence-corrected chi connectivity index (χ0v) is 10.9. The minimum absolute atomic E-state index is 0.00843. The van der Waals surface area contributed by atoms with Gasteiger partial charge < -0.3 is 15.1 Å². The van der Waals surface area contributed by atoms with Gasteiger partial charge in [0.1, 0.15) is 11.5 Å². The molecule has 0 aliphatic heterocycles. The fourth-order valence-corrected chi connectivity index (χ4v) is 1.85. The molecular formula is C10H12BrFN2O4. The first-order valence-electron chi connectivity index (χ1n) is 5.11. The summed E-state index contributed by atoms with van der Waals surface area (Å²) in [5.74, 6) is -0.642. The molecule has 0 fully saturated rings. The van der Waals surface area contributed by atoms with Crippen molar-refractivity contribution in [2.45, 2.75) is 0 Å². The molecule has 1 rings (SSSR count). The second-order valence-electron chi connectivity index (χ2n) is 3.45. The van der Waals surface area contributed by atoms with E-state index in [0.29, 0.717) is 0 Å². The third-order valence-electron chi connectivity index (χ3n) is 2.29. The Morgan fingerprint density at radius 3 is 2.33 bits per heavy atom. The molecule has 0 spiro atoms.